The number of aryl methyl sites for hydroxylation is 1. The van der Waals surface area contributed by atoms with Crippen molar-refractivity contribution in [1.82, 2.24) is 10.1 Å². The first-order chi connectivity index (χ1) is 6.25. The van der Waals surface area contributed by atoms with E-state index in [2.05, 4.69) is 27.7 Å². The summed E-state index contributed by atoms with van der Waals surface area (Å²) in [4.78, 5) is 13.1. The van der Waals surface area contributed by atoms with E-state index in [0.29, 0.717) is 11.7 Å². The number of H-pyrrole nitrogens is 1. The second-order valence-corrected chi connectivity index (χ2v) is 3.45. The van der Waals surface area contributed by atoms with Crippen molar-refractivity contribution in [3.63, 3.8) is 0 Å². The summed E-state index contributed by atoms with van der Waals surface area (Å²) in [6.07, 6.45) is 5.25. The Morgan fingerprint density at radius 2 is 2.46 bits per heavy atom. The molecule has 0 radical (unpaired) electrons. The zero-order valence-corrected chi connectivity index (χ0v) is 7.54. The smallest absolute Gasteiger partial charge is 0.296 e. The fourth-order valence-corrected chi connectivity index (χ4v) is 1.44. The number of hydrogen-bond acceptors (Lipinski definition) is 3. The largest absolute Gasteiger partial charge is 0.438 e. The van der Waals surface area contributed by atoms with Crippen LogP contribution in [-0.2, 0) is 6.42 Å². The van der Waals surface area contributed by atoms with Gasteiger partial charge in [-0.25, -0.2) is 4.79 Å². The molecule has 0 bridgehead atoms. The van der Waals surface area contributed by atoms with Crippen molar-refractivity contribution >= 4 is 0 Å². The van der Waals surface area contributed by atoms with Gasteiger partial charge in [0.15, 0.2) is 5.82 Å². The van der Waals surface area contributed by atoms with Gasteiger partial charge in [-0.2, -0.15) is 0 Å². The van der Waals surface area contributed by atoms with Gasteiger partial charge in [-0.3, -0.25) is 9.51 Å². The molecule has 0 aliphatic heterocycles. The Labute approximate surface area is 75.6 Å². The number of aromatic nitrogens is 2. The SMILES string of the molecule is CC1=CC1CCCc1noc(=O)[nH]1. The summed E-state index contributed by atoms with van der Waals surface area (Å²) in [7, 11) is 0. The minimum atomic E-state index is -0.462. The van der Waals surface area contributed by atoms with Gasteiger partial charge in [-0.15, -0.1) is 0 Å². The molecule has 0 fully saturated rings. The van der Waals surface area contributed by atoms with Crippen LogP contribution in [-0.4, -0.2) is 10.1 Å². The molecule has 4 heteroatoms. The van der Waals surface area contributed by atoms with E-state index in [1.54, 1.807) is 0 Å². The highest BCUT2D eigenvalue weighted by Gasteiger charge is 2.18. The van der Waals surface area contributed by atoms with E-state index < -0.39 is 5.76 Å². The molecule has 1 aliphatic rings. The number of rotatable bonds is 4. The summed E-state index contributed by atoms with van der Waals surface area (Å²) < 4.78 is 4.38. The first-order valence-electron chi connectivity index (χ1n) is 4.49. The van der Waals surface area contributed by atoms with Crippen LogP contribution in [0.2, 0.25) is 0 Å². The zero-order chi connectivity index (χ0) is 9.26. The molecule has 1 heterocycles. The first-order valence-corrected chi connectivity index (χ1v) is 4.49. The maximum Gasteiger partial charge on any atom is 0.438 e. The standard InChI is InChI=1S/C9H12N2O2/c1-6-5-7(6)3-2-4-8-10-9(12)13-11-8/h5,7H,2-4H2,1H3,(H,10,11,12). The molecule has 1 aliphatic carbocycles. The van der Waals surface area contributed by atoms with Crippen LogP contribution < -0.4 is 5.76 Å². The van der Waals surface area contributed by atoms with Crippen LogP contribution in [0.3, 0.4) is 0 Å². The second-order valence-electron chi connectivity index (χ2n) is 3.45. The molecule has 0 spiro atoms. The fraction of sp³-hybridized carbons (Fsp3) is 0.556. The van der Waals surface area contributed by atoms with Crippen molar-refractivity contribution in [3.8, 4) is 0 Å². The van der Waals surface area contributed by atoms with E-state index in [-0.39, 0.29) is 0 Å². The molecule has 1 unspecified atom stereocenters. The van der Waals surface area contributed by atoms with Crippen LogP contribution in [0.1, 0.15) is 25.6 Å². The van der Waals surface area contributed by atoms with E-state index in [9.17, 15) is 4.79 Å². The summed E-state index contributed by atoms with van der Waals surface area (Å²) in [6.45, 7) is 2.14. The molecule has 4 nitrogen and oxygen atoms in total. The fourth-order valence-electron chi connectivity index (χ4n) is 1.44. The van der Waals surface area contributed by atoms with Crippen LogP contribution in [0.5, 0.6) is 0 Å². The minimum absolute atomic E-state index is 0.462. The van der Waals surface area contributed by atoms with E-state index in [0.717, 1.165) is 19.3 Å². The molecule has 0 aromatic carbocycles. The summed E-state index contributed by atoms with van der Waals surface area (Å²) in [5.41, 5.74) is 1.48. The normalized spacial score (nSPS) is 20.1. The van der Waals surface area contributed by atoms with Crippen molar-refractivity contribution in [1.29, 1.82) is 0 Å². The van der Waals surface area contributed by atoms with Crippen LogP contribution >= 0.6 is 0 Å². The lowest BCUT2D eigenvalue weighted by Crippen LogP contribution is -1.97. The van der Waals surface area contributed by atoms with E-state index >= 15 is 0 Å². The molecule has 2 rings (SSSR count). The van der Waals surface area contributed by atoms with E-state index in [1.807, 2.05) is 0 Å². The lowest BCUT2D eigenvalue weighted by molar-refractivity contribution is 0.380. The monoisotopic (exact) mass is 180 g/mol. The van der Waals surface area contributed by atoms with Crippen molar-refractivity contribution in [2.75, 3.05) is 0 Å². The third kappa shape index (κ3) is 2.08. The predicted octanol–water partition coefficient (Wildman–Crippen LogP) is 1.26. The summed E-state index contributed by atoms with van der Waals surface area (Å²) >= 11 is 0. The molecule has 0 saturated heterocycles. The Kier molecular flexibility index (Phi) is 2.04. The van der Waals surface area contributed by atoms with Gasteiger partial charge in [-0.1, -0.05) is 16.8 Å². The average molecular weight is 180 g/mol. The average Bonchev–Trinajstić information content (AvgIpc) is 2.60. The number of hydrogen-bond donors (Lipinski definition) is 1. The molecular formula is C9H12N2O2. The molecule has 1 aromatic heterocycles. The quantitative estimate of drug-likeness (QED) is 0.709. The summed E-state index contributed by atoms with van der Waals surface area (Å²) in [5, 5.41) is 3.59. The number of nitrogens with zero attached hydrogens (tertiary/aromatic N) is 1. The van der Waals surface area contributed by atoms with Crippen LogP contribution in [0, 0.1) is 5.92 Å². The Bertz CT molecular complexity index is 375. The Morgan fingerprint density at radius 1 is 1.69 bits per heavy atom. The topological polar surface area (TPSA) is 58.9 Å². The molecule has 0 amide bonds. The molecular weight excluding hydrogens is 168 g/mol. The lowest BCUT2D eigenvalue weighted by atomic mass is 10.1. The summed E-state index contributed by atoms with van der Waals surface area (Å²) in [5.74, 6) is 0.901. The Balaban J connectivity index is 1.71. The highest BCUT2D eigenvalue weighted by atomic mass is 16.5. The van der Waals surface area contributed by atoms with Crippen LogP contribution in [0.25, 0.3) is 0 Å². The van der Waals surface area contributed by atoms with Crippen LogP contribution in [0.4, 0.5) is 0 Å². The van der Waals surface area contributed by atoms with Gasteiger partial charge in [0.2, 0.25) is 0 Å². The number of allylic oxidation sites excluding steroid dienone is 2. The molecule has 0 saturated carbocycles. The van der Waals surface area contributed by atoms with Crippen molar-refractivity contribution in [2.45, 2.75) is 26.2 Å². The van der Waals surface area contributed by atoms with Gasteiger partial charge >= 0.3 is 5.76 Å². The van der Waals surface area contributed by atoms with Gasteiger partial charge in [-0.05, 0) is 25.7 Å². The Morgan fingerprint density at radius 3 is 3.00 bits per heavy atom. The molecule has 1 atom stereocenters. The van der Waals surface area contributed by atoms with Crippen molar-refractivity contribution in [2.24, 2.45) is 5.92 Å². The first kappa shape index (κ1) is 8.29. The van der Waals surface area contributed by atoms with Crippen LogP contribution in [0.15, 0.2) is 21.0 Å². The minimum Gasteiger partial charge on any atom is -0.296 e. The van der Waals surface area contributed by atoms with Gasteiger partial charge in [0.05, 0.1) is 0 Å². The maximum absolute atomic E-state index is 10.6. The van der Waals surface area contributed by atoms with Gasteiger partial charge < -0.3 is 0 Å². The second kappa shape index (κ2) is 3.20. The molecule has 70 valence electrons. The van der Waals surface area contributed by atoms with Gasteiger partial charge in [0.25, 0.3) is 0 Å². The molecule has 13 heavy (non-hydrogen) atoms. The molecule has 1 aromatic rings. The van der Waals surface area contributed by atoms with E-state index in [1.165, 1.54) is 5.57 Å². The third-order valence-electron chi connectivity index (χ3n) is 2.35. The predicted molar refractivity (Wildman–Crippen MR) is 47.3 cm³/mol. The maximum atomic E-state index is 10.6. The lowest BCUT2D eigenvalue weighted by Gasteiger charge is -1.95. The number of nitrogens with one attached hydrogen (secondary N) is 1. The third-order valence-corrected chi connectivity index (χ3v) is 2.35. The molecule has 1 N–H and O–H groups in total. The van der Waals surface area contributed by atoms with Crippen molar-refractivity contribution in [3.05, 3.63) is 28.0 Å². The number of aromatic amines is 1. The highest BCUT2D eigenvalue weighted by molar-refractivity contribution is 5.26. The van der Waals surface area contributed by atoms with Gasteiger partial charge in [0, 0.05) is 6.42 Å². The zero-order valence-electron chi connectivity index (χ0n) is 7.54. The summed E-state index contributed by atoms with van der Waals surface area (Å²) in [6, 6.07) is 0. The Hall–Kier alpha value is -1.32. The van der Waals surface area contributed by atoms with Gasteiger partial charge in [0.1, 0.15) is 0 Å². The van der Waals surface area contributed by atoms with Crippen molar-refractivity contribution < 1.29 is 4.52 Å². The highest BCUT2D eigenvalue weighted by Crippen LogP contribution is 2.32. The van der Waals surface area contributed by atoms with E-state index in [4.69, 9.17) is 0 Å².